The molecule has 2 rings (SSSR count). The van der Waals surface area contributed by atoms with Gasteiger partial charge in [0.2, 0.25) is 11.8 Å². The molecule has 0 aliphatic carbocycles. The van der Waals surface area contributed by atoms with E-state index < -0.39 is 0 Å². The molecule has 0 aliphatic heterocycles. The van der Waals surface area contributed by atoms with Crippen molar-refractivity contribution in [1.29, 1.82) is 0 Å². The number of methoxy groups -OCH3 is 1. The predicted molar refractivity (Wildman–Crippen MR) is 72.4 cm³/mol. The number of ether oxygens (including phenoxy) is 2. The Morgan fingerprint density at radius 2 is 2.16 bits per heavy atom. The SMILES string of the molecule is CNc1nc(OCCC(C)(C)OC)c2cn[nH]c2n1. The third kappa shape index (κ3) is 3.11. The van der Waals surface area contributed by atoms with Gasteiger partial charge in [-0.2, -0.15) is 15.1 Å². The van der Waals surface area contributed by atoms with Gasteiger partial charge in [-0.1, -0.05) is 0 Å². The summed E-state index contributed by atoms with van der Waals surface area (Å²) < 4.78 is 11.1. The van der Waals surface area contributed by atoms with Crippen molar-refractivity contribution in [3.8, 4) is 5.88 Å². The highest BCUT2D eigenvalue weighted by Crippen LogP contribution is 2.23. The lowest BCUT2D eigenvalue weighted by atomic mass is 10.1. The molecule has 104 valence electrons. The third-order valence-electron chi connectivity index (χ3n) is 2.99. The fourth-order valence-corrected chi connectivity index (χ4v) is 1.53. The lowest BCUT2D eigenvalue weighted by Gasteiger charge is -2.22. The second-order valence-electron chi connectivity index (χ2n) is 4.80. The lowest BCUT2D eigenvalue weighted by molar-refractivity contribution is 0.00523. The second-order valence-corrected chi connectivity index (χ2v) is 4.80. The van der Waals surface area contributed by atoms with Crippen molar-refractivity contribution in [1.82, 2.24) is 20.2 Å². The number of aromatic nitrogens is 4. The van der Waals surface area contributed by atoms with Gasteiger partial charge < -0.3 is 14.8 Å². The predicted octanol–water partition coefficient (Wildman–Crippen LogP) is 1.59. The quantitative estimate of drug-likeness (QED) is 0.825. The summed E-state index contributed by atoms with van der Waals surface area (Å²) in [5.74, 6) is 1.02. The summed E-state index contributed by atoms with van der Waals surface area (Å²) in [7, 11) is 3.45. The Labute approximate surface area is 111 Å². The van der Waals surface area contributed by atoms with E-state index in [-0.39, 0.29) is 5.60 Å². The fourth-order valence-electron chi connectivity index (χ4n) is 1.53. The van der Waals surface area contributed by atoms with Crippen LogP contribution in [0.4, 0.5) is 5.95 Å². The van der Waals surface area contributed by atoms with E-state index in [4.69, 9.17) is 9.47 Å². The summed E-state index contributed by atoms with van der Waals surface area (Å²) >= 11 is 0. The van der Waals surface area contributed by atoms with E-state index in [9.17, 15) is 0 Å². The van der Waals surface area contributed by atoms with Crippen LogP contribution in [0.5, 0.6) is 5.88 Å². The van der Waals surface area contributed by atoms with Gasteiger partial charge in [0.05, 0.1) is 18.4 Å². The van der Waals surface area contributed by atoms with Gasteiger partial charge in [0.1, 0.15) is 5.39 Å². The molecular formula is C12H19N5O2. The van der Waals surface area contributed by atoms with E-state index in [1.165, 1.54) is 0 Å². The molecule has 7 nitrogen and oxygen atoms in total. The molecule has 0 saturated heterocycles. The van der Waals surface area contributed by atoms with Crippen LogP contribution in [-0.4, -0.2) is 46.5 Å². The normalized spacial score (nSPS) is 11.8. The van der Waals surface area contributed by atoms with Crippen LogP contribution >= 0.6 is 0 Å². The van der Waals surface area contributed by atoms with Gasteiger partial charge >= 0.3 is 0 Å². The van der Waals surface area contributed by atoms with Crippen LogP contribution in [0.2, 0.25) is 0 Å². The Hall–Kier alpha value is -1.89. The number of hydrogen-bond donors (Lipinski definition) is 2. The van der Waals surface area contributed by atoms with Gasteiger partial charge in [0, 0.05) is 20.6 Å². The van der Waals surface area contributed by atoms with Crippen LogP contribution in [0.15, 0.2) is 6.20 Å². The maximum atomic E-state index is 5.73. The van der Waals surface area contributed by atoms with Crippen LogP contribution in [0.25, 0.3) is 11.0 Å². The molecule has 0 unspecified atom stereocenters. The van der Waals surface area contributed by atoms with E-state index in [0.29, 0.717) is 24.1 Å². The summed E-state index contributed by atoms with van der Waals surface area (Å²) in [6.45, 7) is 4.55. The van der Waals surface area contributed by atoms with Crippen LogP contribution in [-0.2, 0) is 4.74 Å². The summed E-state index contributed by atoms with van der Waals surface area (Å²) in [6.07, 6.45) is 2.42. The van der Waals surface area contributed by atoms with E-state index in [1.807, 2.05) is 13.8 Å². The molecule has 2 N–H and O–H groups in total. The van der Waals surface area contributed by atoms with Gasteiger partial charge in [-0.05, 0) is 13.8 Å². The summed E-state index contributed by atoms with van der Waals surface area (Å²) in [5, 5.41) is 10.4. The van der Waals surface area contributed by atoms with Crippen LogP contribution < -0.4 is 10.1 Å². The van der Waals surface area contributed by atoms with Crippen molar-refractivity contribution in [3.63, 3.8) is 0 Å². The van der Waals surface area contributed by atoms with Gasteiger partial charge in [0.15, 0.2) is 5.65 Å². The molecule has 7 heteroatoms. The number of fused-ring (bicyclic) bond motifs is 1. The fraction of sp³-hybridized carbons (Fsp3) is 0.583. The van der Waals surface area contributed by atoms with Gasteiger partial charge in [-0.25, -0.2) is 0 Å². The topological polar surface area (TPSA) is 85.0 Å². The maximum absolute atomic E-state index is 5.73. The molecule has 2 heterocycles. The molecule has 0 fully saturated rings. The molecule has 0 spiro atoms. The summed E-state index contributed by atoms with van der Waals surface area (Å²) in [5.41, 5.74) is 0.439. The zero-order chi connectivity index (χ0) is 13.9. The Balaban J connectivity index is 2.13. The first-order chi connectivity index (χ1) is 9.05. The van der Waals surface area contributed by atoms with Crippen molar-refractivity contribution < 1.29 is 9.47 Å². The summed E-state index contributed by atoms with van der Waals surface area (Å²) in [4.78, 5) is 8.53. The van der Waals surface area contributed by atoms with Crippen molar-refractivity contribution in [3.05, 3.63) is 6.20 Å². The molecule has 0 saturated carbocycles. The summed E-state index contributed by atoms with van der Waals surface area (Å²) in [6, 6.07) is 0. The molecule has 2 aromatic rings. The van der Waals surface area contributed by atoms with Crippen molar-refractivity contribution >= 4 is 17.0 Å². The minimum absolute atomic E-state index is 0.214. The van der Waals surface area contributed by atoms with Gasteiger partial charge in [-0.15, -0.1) is 0 Å². The molecule has 0 atom stereocenters. The maximum Gasteiger partial charge on any atom is 0.229 e. The Morgan fingerprint density at radius 1 is 1.37 bits per heavy atom. The molecule has 0 aliphatic rings. The highest BCUT2D eigenvalue weighted by atomic mass is 16.5. The third-order valence-corrected chi connectivity index (χ3v) is 2.99. The Bertz CT molecular complexity index is 552. The van der Waals surface area contributed by atoms with Crippen LogP contribution in [0, 0.1) is 0 Å². The molecule has 19 heavy (non-hydrogen) atoms. The Kier molecular flexibility index (Phi) is 3.84. The molecule has 2 aromatic heterocycles. The highest BCUT2D eigenvalue weighted by Gasteiger charge is 2.17. The zero-order valence-electron chi connectivity index (χ0n) is 11.6. The number of aromatic amines is 1. The lowest BCUT2D eigenvalue weighted by Crippen LogP contribution is -2.25. The minimum atomic E-state index is -0.214. The number of hydrogen-bond acceptors (Lipinski definition) is 6. The van der Waals surface area contributed by atoms with Gasteiger partial charge in [-0.3, -0.25) is 5.10 Å². The molecule has 0 bridgehead atoms. The van der Waals surface area contributed by atoms with E-state index in [0.717, 1.165) is 11.8 Å². The zero-order valence-corrected chi connectivity index (χ0v) is 11.6. The first-order valence-corrected chi connectivity index (χ1v) is 6.12. The number of H-pyrrole nitrogens is 1. The molecule has 0 aromatic carbocycles. The van der Waals surface area contributed by atoms with Crippen LogP contribution in [0.1, 0.15) is 20.3 Å². The number of nitrogens with one attached hydrogen (secondary N) is 2. The minimum Gasteiger partial charge on any atom is -0.477 e. The number of anilines is 1. The number of rotatable bonds is 6. The van der Waals surface area contributed by atoms with Crippen LogP contribution in [0.3, 0.4) is 0 Å². The molecular weight excluding hydrogens is 246 g/mol. The second kappa shape index (κ2) is 5.40. The largest absolute Gasteiger partial charge is 0.477 e. The smallest absolute Gasteiger partial charge is 0.229 e. The molecule has 0 amide bonds. The molecule has 0 radical (unpaired) electrons. The average Bonchev–Trinajstić information content (AvgIpc) is 2.86. The van der Waals surface area contributed by atoms with Crippen molar-refractivity contribution in [2.24, 2.45) is 0 Å². The van der Waals surface area contributed by atoms with Gasteiger partial charge in [0.25, 0.3) is 0 Å². The Morgan fingerprint density at radius 3 is 2.84 bits per heavy atom. The standard InChI is InChI=1S/C12H19N5O2/c1-12(2,18-4)5-6-19-10-8-7-14-17-9(8)15-11(13-3)16-10/h7H,5-6H2,1-4H3,(H2,13,14,15,16,17). The van der Waals surface area contributed by atoms with E-state index >= 15 is 0 Å². The first-order valence-electron chi connectivity index (χ1n) is 6.12. The van der Waals surface area contributed by atoms with E-state index in [2.05, 4.69) is 25.5 Å². The van der Waals surface area contributed by atoms with Crippen molar-refractivity contribution in [2.45, 2.75) is 25.9 Å². The average molecular weight is 265 g/mol. The monoisotopic (exact) mass is 265 g/mol. The number of nitrogens with zero attached hydrogens (tertiary/aromatic N) is 3. The highest BCUT2D eigenvalue weighted by molar-refractivity contribution is 5.80. The first kappa shape index (κ1) is 13.5. The van der Waals surface area contributed by atoms with Crippen molar-refractivity contribution in [2.75, 3.05) is 26.1 Å². The van der Waals surface area contributed by atoms with E-state index in [1.54, 1.807) is 20.4 Å².